The van der Waals surface area contributed by atoms with Crippen molar-refractivity contribution in [1.82, 2.24) is 0 Å². The van der Waals surface area contributed by atoms with Gasteiger partial charge in [0.25, 0.3) is 9.84 Å². The molecule has 0 aliphatic heterocycles. The Morgan fingerprint density at radius 2 is 1.22 bits per heavy atom. The minimum Gasteiger partial charge on any atom is -0.214 e. The molecular weight excluding hydrogens is 534 g/mol. The Bertz CT molecular complexity index is 1170. The summed E-state index contributed by atoms with van der Waals surface area (Å²) in [4.78, 5) is -1.94. The predicted molar refractivity (Wildman–Crippen MR) is 119 cm³/mol. The Morgan fingerprint density at radius 3 is 1.72 bits per heavy atom. The van der Waals surface area contributed by atoms with Crippen LogP contribution in [0.4, 0.5) is 26.3 Å². The number of rotatable bonds is 10. The topological polar surface area (TPSA) is 76.0 Å². The molecule has 2 rings (SSSR count). The lowest BCUT2D eigenvalue weighted by Gasteiger charge is -2.13. The summed E-state index contributed by atoms with van der Waals surface area (Å²) >= 11 is 0. The molecule has 0 fully saturated rings. The minimum absolute atomic E-state index is 0.161. The van der Waals surface area contributed by atoms with Crippen LogP contribution in [0.5, 0.6) is 0 Å². The molecule has 0 saturated heterocycles. The molecule has 0 radical (unpaired) electrons. The Hall–Kier alpha value is -2.22. The highest BCUT2D eigenvalue weighted by Crippen LogP contribution is 2.37. The van der Waals surface area contributed by atoms with E-state index in [1.807, 2.05) is 13.0 Å². The first-order valence-corrected chi connectivity index (χ1v) is 14.2. The third-order valence-electron chi connectivity index (χ3n) is 4.94. The number of hydrogen-bond donors (Lipinski definition) is 0. The monoisotopic (exact) mass is 564 g/mol. The van der Waals surface area contributed by atoms with Crippen molar-refractivity contribution in [3.05, 3.63) is 48.9 Å². The van der Waals surface area contributed by atoms with Crippen LogP contribution >= 0.6 is 0 Å². The highest BCUT2D eigenvalue weighted by molar-refractivity contribution is 7.95. The Kier molecular flexibility index (Phi) is 11.8. The van der Waals surface area contributed by atoms with Crippen molar-refractivity contribution >= 4 is 19.7 Å². The minimum atomic E-state index is -6.34. The molecule has 36 heavy (non-hydrogen) atoms. The molecule has 0 amide bonds. The molecule has 204 valence electrons. The van der Waals surface area contributed by atoms with Crippen LogP contribution in [0.2, 0.25) is 0 Å². The first-order valence-electron chi connectivity index (χ1n) is 11.2. The van der Waals surface area contributed by atoms with Gasteiger partial charge < -0.3 is 0 Å². The van der Waals surface area contributed by atoms with Gasteiger partial charge in [0.2, 0.25) is 0 Å². The lowest BCUT2D eigenvalue weighted by molar-refractivity contribution is -0.737. The van der Waals surface area contributed by atoms with E-state index in [-0.39, 0.29) is 19.0 Å². The molecule has 14 heteroatoms. The lowest BCUT2D eigenvalue weighted by atomic mass is 10.2. The number of alkyl halides is 6. The fourth-order valence-electron chi connectivity index (χ4n) is 3.05. The fourth-order valence-corrected chi connectivity index (χ4v) is 5.58. The average molecular weight is 565 g/mol. The zero-order valence-electron chi connectivity index (χ0n) is 19.9. The van der Waals surface area contributed by atoms with Crippen molar-refractivity contribution in [2.24, 2.45) is 0 Å². The van der Waals surface area contributed by atoms with Crippen LogP contribution in [-0.2, 0) is 32.8 Å². The van der Waals surface area contributed by atoms with Gasteiger partial charge in [0.15, 0.2) is 23.5 Å². The Labute approximate surface area is 207 Å². The summed E-state index contributed by atoms with van der Waals surface area (Å²) in [6.45, 7) is 4.82. The zero-order valence-corrected chi connectivity index (χ0v) is 21.5. The number of halogens is 6. The van der Waals surface area contributed by atoms with E-state index in [2.05, 4.69) is 36.0 Å². The van der Waals surface area contributed by atoms with Crippen LogP contribution in [0.15, 0.2) is 58.8 Å². The standard InChI is InChI=1S/C13H16F6NO4S2.C9H14N/c1-2-3-4-5-8-20-9-6-7-10(25(21,22)12(14,15)16)11(20)26(23,24)13(17,18)19;1-2-3-7-10-8-5-4-6-9-10/h6-7,9H,2-5,8H2,1H3;4-6,8-9H,2-3,7H2,1H3/q2*+1. The molecule has 0 unspecified atom stereocenters. The van der Waals surface area contributed by atoms with E-state index in [1.54, 1.807) is 0 Å². The quantitative estimate of drug-likeness (QED) is 0.233. The molecular formula is C22H30F6N2O4S2+2. The van der Waals surface area contributed by atoms with Gasteiger partial charge in [-0.05, 0) is 12.5 Å². The van der Waals surface area contributed by atoms with Crippen molar-refractivity contribution in [3.8, 4) is 0 Å². The summed E-state index contributed by atoms with van der Waals surface area (Å²) in [5.74, 6) is 0. The number of sulfone groups is 2. The maximum atomic E-state index is 12.9. The third-order valence-corrected chi connectivity index (χ3v) is 8.16. The molecule has 0 spiro atoms. The van der Waals surface area contributed by atoms with Crippen LogP contribution in [0.3, 0.4) is 0 Å². The summed E-state index contributed by atoms with van der Waals surface area (Å²) in [6, 6.07) is 7.13. The summed E-state index contributed by atoms with van der Waals surface area (Å²) < 4.78 is 127. The number of aryl methyl sites for hydroxylation is 2. The average Bonchev–Trinajstić information content (AvgIpc) is 2.80. The van der Waals surface area contributed by atoms with Crippen molar-refractivity contribution in [1.29, 1.82) is 0 Å². The van der Waals surface area contributed by atoms with Crippen LogP contribution in [0.1, 0.15) is 52.4 Å². The van der Waals surface area contributed by atoms with Crippen molar-refractivity contribution in [2.45, 2.75) is 86.4 Å². The SMILES string of the molecule is CCCCCC[n+]1cccc(S(=O)(=O)C(F)(F)F)c1S(=O)(=O)C(F)(F)F.CCCC[n+]1ccccc1. The summed E-state index contributed by atoms with van der Waals surface area (Å²) in [6.07, 6.45) is 9.62. The van der Waals surface area contributed by atoms with Gasteiger partial charge in [-0.25, -0.2) is 21.4 Å². The highest BCUT2D eigenvalue weighted by atomic mass is 32.2. The molecule has 0 aliphatic carbocycles. The number of hydrogen-bond acceptors (Lipinski definition) is 4. The van der Waals surface area contributed by atoms with Gasteiger partial charge in [0.05, 0.1) is 0 Å². The maximum Gasteiger partial charge on any atom is 0.507 e. The summed E-state index contributed by atoms with van der Waals surface area (Å²) in [5.41, 5.74) is -11.9. The third kappa shape index (κ3) is 8.43. The second-order valence-electron chi connectivity index (χ2n) is 7.80. The van der Waals surface area contributed by atoms with Crippen LogP contribution in [0, 0.1) is 0 Å². The molecule has 0 aliphatic rings. The predicted octanol–water partition coefficient (Wildman–Crippen LogP) is 4.92. The number of unbranched alkanes of at least 4 members (excludes halogenated alkanes) is 4. The Balaban J connectivity index is 0.000000537. The first-order chi connectivity index (χ1) is 16.6. The van der Waals surface area contributed by atoms with E-state index < -0.39 is 40.6 Å². The first kappa shape index (κ1) is 31.8. The van der Waals surface area contributed by atoms with E-state index in [0.29, 0.717) is 17.4 Å². The summed E-state index contributed by atoms with van der Waals surface area (Å²) in [5, 5.41) is -1.93. The number of nitrogens with zero attached hydrogens (tertiary/aromatic N) is 2. The van der Waals surface area contributed by atoms with Gasteiger partial charge in [0, 0.05) is 31.0 Å². The van der Waals surface area contributed by atoms with Crippen LogP contribution in [0.25, 0.3) is 0 Å². The smallest absolute Gasteiger partial charge is 0.214 e. The van der Waals surface area contributed by atoms with Gasteiger partial charge in [-0.1, -0.05) is 39.2 Å². The van der Waals surface area contributed by atoms with Gasteiger partial charge in [-0.15, -0.1) is 0 Å². The molecule has 0 atom stereocenters. The van der Waals surface area contributed by atoms with Gasteiger partial charge in [-0.3, -0.25) is 0 Å². The lowest BCUT2D eigenvalue weighted by Crippen LogP contribution is -2.45. The molecule has 0 aromatic carbocycles. The second-order valence-corrected chi connectivity index (χ2v) is 11.6. The van der Waals surface area contributed by atoms with Gasteiger partial charge >= 0.3 is 25.9 Å². The van der Waals surface area contributed by atoms with E-state index in [9.17, 15) is 43.2 Å². The maximum absolute atomic E-state index is 12.9. The second kappa shape index (κ2) is 13.4. The van der Waals surface area contributed by atoms with E-state index in [4.69, 9.17) is 0 Å². The summed E-state index contributed by atoms with van der Waals surface area (Å²) in [7, 11) is -12.6. The Morgan fingerprint density at radius 1 is 0.667 bits per heavy atom. The molecule has 6 nitrogen and oxygen atoms in total. The number of pyridine rings is 2. The van der Waals surface area contributed by atoms with Gasteiger partial charge in [0.1, 0.15) is 13.1 Å². The van der Waals surface area contributed by atoms with E-state index in [1.165, 1.54) is 12.8 Å². The van der Waals surface area contributed by atoms with E-state index in [0.717, 1.165) is 25.2 Å². The molecule has 2 aromatic rings. The van der Waals surface area contributed by atoms with Crippen LogP contribution in [-0.4, -0.2) is 27.9 Å². The van der Waals surface area contributed by atoms with Crippen LogP contribution < -0.4 is 9.13 Å². The number of aromatic nitrogens is 2. The zero-order chi connectivity index (χ0) is 27.6. The molecule has 2 heterocycles. The van der Waals surface area contributed by atoms with Crippen molar-refractivity contribution in [3.63, 3.8) is 0 Å². The molecule has 0 N–H and O–H groups in total. The van der Waals surface area contributed by atoms with Gasteiger partial charge in [-0.2, -0.15) is 30.9 Å². The highest BCUT2D eigenvalue weighted by Gasteiger charge is 2.58. The largest absolute Gasteiger partial charge is 0.507 e. The fraction of sp³-hybridized carbons (Fsp3) is 0.545. The molecule has 0 saturated carbocycles. The van der Waals surface area contributed by atoms with Crippen molar-refractivity contribution < 1.29 is 52.3 Å². The van der Waals surface area contributed by atoms with E-state index >= 15 is 0 Å². The molecule has 2 aromatic heterocycles. The van der Waals surface area contributed by atoms with Crippen molar-refractivity contribution in [2.75, 3.05) is 0 Å². The molecule has 0 bridgehead atoms. The normalized spacial score (nSPS) is 12.7.